The van der Waals surface area contributed by atoms with Gasteiger partial charge in [-0.25, -0.2) is 4.98 Å². The van der Waals surface area contributed by atoms with Crippen molar-refractivity contribution in [2.24, 2.45) is 0 Å². The van der Waals surface area contributed by atoms with E-state index in [4.69, 9.17) is 9.40 Å². The van der Waals surface area contributed by atoms with Crippen LogP contribution in [0, 0.1) is 26.0 Å². The smallest absolute Gasteiger partial charge is 0.216 e. The molecule has 5 nitrogen and oxygen atoms in total. The normalized spacial score (nSPS) is 15.1. The summed E-state index contributed by atoms with van der Waals surface area (Å²) >= 11 is 0. The molecule has 7 aromatic rings. The molecule has 0 N–H and O–H groups in total. The summed E-state index contributed by atoms with van der Waals surface area (Å²) in [7, 11) is 0. The Morgan fingerprint density at radius 3 is 2.55 bits per heavy atom. The molecular formula is C41H36IrN4O-2. The molecule has 4 aromatic heterocycles. The Morgan fingerprint density at radius 1 is 0.894 bits per heavy atom. The second kappa shape index (κ2) is 12.3. The molecule has 0 spiro atoms. The molecule has 47 heavy (non-hydrogen) atoms. The SMILES string of the molecule is Cc1ccc2c(n1)oc1c(-c3cc(C4CCCC4)ccn3)[c-]ccc12.Cc1ccc2nc(-c3[c-]cccc3)n3c2c1C=CC3(C)C.[Ir]. The van der Waals surface area contributed by atoms with Gasteiger partial charge in [-0.1, -0.05) is 53.6 Å². The van der Waals surface area contributed by atoms with E-state index in [-0.39, 0.29) is 25.6 Å². The average molecular weight is 793 g/mol. The summed E-state index contributed by atoms with van der Waals surface area (Å²) in [6.45, 7) is 8.58. The van der Waals surface area contributed by atoms with Gasteiger partial charge < -0.3 is 14.0 Å². The molecule has 0 amide bonds. The summed E-state index contributed by atoms with van der Waals surface area (Å²) in [5.41, 5.74) is 11.5. The van der Waals surface area contributed by atoms with Crippen molar-refractivity contribution in [1.29, 1.82) is 0 Å². The fourth-order valence-electron chi connectivity index (χ4n) is 7.14. The van der Waals surface area contributed by atoms with E-state index in [0.717, 1.165) is 50.2 Å². The summed E-state index contributed by atoms with van der Waals surface area (Å²) in [6.07, 6.45) is 11.6. The number of aryl methyl sites for hydroxylation is 2. The number of allylic oxidation sites excluding steroid dienone is 1. The zero-order chi connectivity index (χ0) is 31.4. The number of nitrogens with zero attached hydrogens (tertiary/aromatic N) is 4. The van der Waals surface area contributed by atoms with Gasteiger partial charge in [-0.3, -0.25) is 4.98 Å². The van der Waals surface area contributed by atoms with Crippen LogP contribution >= 0.6 is 0 Å². The van der Waals surface area contributed by atoms with Crippen LogP contribution in [0.1, 0.15) is 67.8 Å². The summed E-state index contributed by atoms with van der Waals surface area (Å²) in [5, 5.41) is 2.12. The minimum absolute atomic E-state index is 0. The van der Waals surface area contributed by atoms with Crippen molar-refractivity contribution >= 4 is 39.2 Å². The summed E-state index contributed by atoms with van der Waals surface area (Å²) in [4.78, 5) is 14.0. The van der Waals surface area contributed by atoms with Crippen LogP contribution in [0.4, 0.5) is 0 Å². The Labute approximate surface area is 289 Å². The first-order valence-corrected chi connectivity index (χ1v) is 16.2. The minimum Gasteiger partial charge on any atom is -0.486 e. The molecule has 0 saturated heterocycles. The topological polar surface area (TPSA) is 56.7 Å². The quantitative estimate of drug-likeness (QED) is 0.167. The molecule has 5 heterocycles. The van der Waals surface area contributed by atoms with E-state index in [2.05, 4.69) is 96.0 Å². The van der Waals surface area contributed by atoms with Crippen molar-refractivity contribution in [2.75, 3.05) is 0 Å². The molecule has 1 saturated carbocycles. The van der Waals surface area contributed by atoms with Gasteiger partial charge in [0.25, 0.3) is 0 Å². The number of rotatable bonds is 3. The first kappa shape index (κ1) is 31.2. The van der Waals surface area contributed by atoms with Gasteiger partial charge in [-0.15, -0.1) is 54.1 Å². The van der Waals surface area contributed by atoms with Gasteiger partial charge in [0.05, 0.1) is 28.0 Å². The van der Waals surface area contributed by atoms with Crippen molar-refractivity contribution in [1.82, 2.24) is 19.5 Å². The van der Waals surface area contributed by atoms with Crippen LogP contribution in [-0.2, 0) is 25.6 Å². The standard InChI is InChI=1S/C22H19N2O.C19H17N2.Ir/c1-14-9-10-18-17-7-4-8-19(21(17)25-22(18)24-14)20-13-16(11-12-23-20)15-5-2-3-6-15;1-13-9-10-16-17-15(13)11-12-19(2,3)21(17)18(20-16)14-7-5-4-6-8-14;/h4,7,9-13,15H,2-3,5-6H2,1H3;4-7,9-12H,1-3H3;/q2*-1;. The zero-order valence-corrected chi connectivity index (χ0v) is 29.5. The Bertz CT molecular complexity index is 2270. The molecule has 1 aliphatic heterocycles. The first-order valence-electron chi connectivity index (χ1n) is 16.2. The second-order valence-electron chi connectivity index (χ2n) is 13.2. The maximum Gasteiger partial charge on any atom is 0.216 e. The number of pyridine rings is 2. The van der Waals surface area contributed by atoms with Gasteiger partial charge in [-0.05, 0) is 82.0 Å². The van der Waals surface area contributed by atoms with Crippen LogP contribution in [0.3, 0.4) is 0 Å². The summed E-state index contributed by atoms with van der Waals surface area (Å²) in [6, 6.07) is 31.4. The largest absolute Gasteiger partial charge is 0.486 e. The van der Waals surface area contributed by atoms with Crippen molar-refractivity contribution in [3.63, 3.8) is 0 Å². The summed E-state index contributed by atoms with van der Waals surface area (Å²) < 4.78 is 8.45. The molecule has 0 unspecified atom stereocenters. The molecule has 1 radical (unpaired) electrons. The Balaban J connectivity index is 0.000000148. The number of benzene rings is 3. The molecule has 6 heteroatoms. The van der Waals surface area contributed by atoms with E-state index in [1.165, 1.54) is 47.9 Å². The minimum atomic E-state index is -0.0887. The average Bonchev–Trinajstić information content (AvgIpc) is 3.83. The van der Waals surface area contributed by atoms with E-state index < -0.39 is 0 Å². The molecular weight excluding hydrogens is 757 g/mol. The first-order chi connectivity index (χ1) is 22.4. The van der Waals surface area contributed by atoms with Crippen LogP contribution in [0.2, 0.25) is 0 Å². The van der Waals surface area contributed by atoms with Crippen LogP contribution in [-0.4, -0.2) is 19.5 Å². The van der Waals surface area contributed by atoms with E-state index >= 15 is 0 Å². The predicted octanol–water partition coefficient (Wildman–Crippen LogP) is 10.4. The van der Waals surface area contributed by atoms with E-state index in [1.807, 2.05) is 49.5 Å². The van der Waals surface area contributed by atoms with Crippen molar-refractivity contribution in [2.45, 2.75) is 64.8 Å². The number of hydrogen-bond donors (Lipinski definition) is 0. The molecule has 0 bridgehead atoms. The fraction of sp³-hybridized carbons (Fsp3) is 0.244. The molecule has 9 rings (SSSR count). The fourth-order valence-corrected chi connectivity index (χ4v) is 7.14. The Morgan fingerprint density at radius 2 is 1.74 bits per heavy atom. The van der Waals surface area contributed by atoms with Crippen LogP contribution in [0.5, 0.6) is 0 Å². The molecule has 0 atom stereocenters. The van der Waals surface area contributed by atoms with E-state index in [0.29, 0.717) is 11.6 Å². The van der Waals surface area contributed by atoms with Crippen molar-refractivity contribution < 1.29 is 24.5 Å². The van der Waals surface area contributed by atoms with E-state index in [9.17, 15) is 0 Å². The molecule has 1 aliphatic carbocycles. The van der Waals surface area contributed by atoms with Gasteiger partial charge in [0.15, 0.2) is 0 Å². The maximum absolute atomic E-state index is 6.10. The van der Waals surface area contributed by atoms with Crippen LogP contribution in [0.25, 0.3) is 61.8 Å². The third-order valence-corrected chi connectivity index (χ3v) is 9.56. The number of fused-ring (bicyclic) bond motifs is 3. The summed E-state index contributed by atoms with van der Waals surface area (Å²) in [5.74, 6) is 1.66. The van der Waals surface area contributed by atoms with Gasteiger partial charge in [0.1, 0.15) is 0 Å². The molecule has 3 aromatic carbocycles. The van der Waals surface area contributed by atoms with Gasteiger partial charge >= 0.3 is 0 Å². The van der Waals surface area contributed by atoms with E-state index in [1.54, 1.807) is 0 Å². The monoisotopic (exact) mass is 793 g/mol. The second-order valence-corrected chi connectivity index (χ2v) is 13.2. The molecule has 1 fully saturated rings. The van der Waals surface area contributed by atoms with Gasteiger partial charge in [0.2, 0.25) is 5.71 Å². The number of hydrogen-bond acceptors (Lipinski definition) is 4. The third-order valence-electron chi connectivity index (χ3n) is 9.56. The molecule has 237 valence electrons. The molecule has 2 aliphatic rings. The number of aromatic nitrogens is 4. The number of furan rings is 1. The van der Waals surface area contributed by atoms with Crippen molar-refractivity contribution in [3.05, 3.63) is 120 Å². The third kappa shape index (κ3) is 5.54. The number of imidazole rings is 1. The maximum atomic E-state index is 6.10. The predicted molar refractivity (Wildman–Crippen MR) is 187 cm³/mol. The van der Waals surface area contributed by atoms with Gasteiger partial charge in [0, 0.05) is 42.9 Å². The van der Waals surface area contributed by atoms with Crippen molar-refractivity contribution in [3.8, 4) is 22.6 Å². The van der Waals surface area contributed by atoms with Crippen LogP contribution < -0.4 is 0 Å². The zero-order valence-electron chi connectivity index (χ0n) is 27.1. The van der Waals surface area contributed by atoms with Gasteiger partial charge in [-0.2, -0.15) is 0 Å². The Hall–Kier alpha value is -4.38. The Kier molecular flexibility index (Phi) is 8.19. The van der Waals surface area contributed by atoms with Crippen LogP contribution in [0.15, 0.2) is 89.5 Å².